The van der Waals surface area contributed by atoms with E-state index < -0.39 is 24.4 Å². The zero-order chi connectivity index (χ0) is 18.8. The number of carbonyl (C=O) groups is 3. The van der Waals surface area contributed by atoms with Gasteiger partial charge in [0.25, 0.3) is 5.91 Å². The highest BCUT2D eigenvalue weighted by molar-refractivity contribution is 5.90. The van der Waals surface area contributed by atoms with Gasteiger partial charge in [0.05, 0.1) is 27.9 Å². The first-order valence-electron chi connectivity index (χ1n) is 7.11. The molecule has 25 heavy (non-hydrogen) atoms. The second-order valence-corrected chi connectivity index (χ2v) is 4.64. The lowest BCUT2D eigenvalue weighted by atomic mass is 10.1. The Kier molecular flexibility index (Phi) is 7.77. The Labute approximate surface area is 144 Å². The van der Waals surface area contributed by atoms with Crippen molar-refractivity contribution in [2.24, 2.45) is 5.73 Å². The van der Waals surface area contributed by atoms with Gasteiger partial charge in [0.2, 0.25) is 11.7 Å². The molecule has 0 aliphatic heterocycles. The fourth-order valence-electron chi connectivity index (χ4n) is 1.78. The Morgan fingerprint density at radius 3 is 2.16 bits per heavy atom. The normalized spacial score (nSPS) is 10.2. The highest BCUT2D eigenvalue weighted by Gasteiger charge is 2.12. The van der Waals surface area contributed by atoms with Crippen molar-refractivity contribution >= 4 is 23.9 Å². The molecule has 0 spiro atoms. The van der Waals surface area contributed by atoms with Crippen LogP contribution in [0.25, 0.3) is 6.08 Å². The summed E-state index contributed by atoms with van der Waals surface area (Å²) in [6.45, 7) is -0.844. The van der Waals surface area contributed by atoms with Crippen molar-refractivity contribution in [3.63, 3.8) is 0 Å². The van der Waals surface area contributed by atoms with E-state index in [0.29, 0.717) is 22.8 Å². The molecule has 0 heterocycles. The maximum absolute atomic E-state index is 11.6. The van der Waals surface area contributed by atoms with Gasteiger partial charge in [0, 0.05) is 6.08 Å². The predicted octanol–water partition coefficient (Wildman–Crippen LogP) is -0.130. The van der Waals surface area contributed by atoms with Crippen LogP contribution < -0.4 is 25.3 Å². The molecular weight excluding hydrogens is 332 g/mol. The number of amides is 2. The van der Waals surface area contributed by atoms with E-state index >= 15 is 0 Å². The number of nitrogens with two attached hydrogens (primary N) is 1. The molecule has 0 aliphatic rings. The molecule has 1 aromatic carbocycles. The number of primary amides is 1. The van der Waals surface area contributed by atoms with Gasteiger partial charge in [-0.25, -0.2) is 4.79 Å². The van der Waals surface area contributed by atoms with Gasteiger partial charge in [-0.05, 0) is 23.8 Å². The monoisotopic (exact) mass is 352 g/mol. The summed E-state index contributed by atoms with van der Waals surface area (Å²) >= 11 is 0. The summed E-state index contributed by atoms with van der Waals surface area (Å²) in [4.78, 5) is 33.4. The van der Waals surface area contributed by atoms with Crippen molar-refractivity contribution in [3.05, 3.63) is 23.8 Å². The molecule has 0 unspecified atom stereocenters. The average molecular weight is 352 g/mol. The second-order valence-electron chi connectivity index (χ2n) is 4.64. The third-order valence-electron chi connectivity index (χ3n) is 2.90. The molecule has 9 heteroatoms. The van der Waals surface area contributed by atoms with Crippen LogP contribution in [0.3, 0.4) is 0 Å². The van der Waals surface area contributed by atoms with Crippen LogP contribution in [-0.2, 0) is 19.1 Å². The number of carbonyl (C=O) groups excluding carboxylic acids is 3. The Balaban J connectivity index is 2.70. The van der Waals surface area contributed by atoms with E-state index in [1.165, 1.54) is 27.4 Å². The molecule has 0 saturated heterocycles. The van der Waals surface area contributed by atoms with E-state index in [1.807, 2.05) is 0 Å². The van der Waals surface area contributed by atoms with Gasteiger partial charge in [0.1, 0.15) is 0 Å². The van der Waals surface area contributed by atoms with Crippen LogP contribution in [0.4, 0.5) is 0 Å². The fraction of sp³-hybridized carbons (Fsp3) is 0.312. The molecule has 0 radical (unpaired) electrons. The van der Waals surface area contributed by atoms with Gasteiger partial charge < -0.3 is 30.0 Å². The molecular formula is C16H20N2O7. The minimum atomic E-state index is -0.733. The molecule has 0 aliphatic carbocycles. The summed E-state index contributed by atoms with van der Waals surface area (Å²) in [5.74, 6) is -0.768. The molecule has 3 N–H and O–H groups in total. The van der Waals surface area contributed by atoms with Crippen molar-refractivity contribution in [1.29, 1.82) is 0 Å². The van der Waals surface area contributed by atoms with Crippen LogP contribution in [0, 0.1) is 0 Å². The predicted molar refractivity (Wildman–Crippen MR) is 88.3 cm³/mol. The van der Waals surface area contributed by atoms with Gasteiger partial charge >= 0.3 is 5.97 Å². The zero-order valence-corrected chi connectivity index (χ0v) is 14.2. The van der Waals surface area contributed by atoms with Crippen molar-refractivity contribution in [2.75, 3.05) is 34.5 Å². The van der Waals surface area contributed by atoms with E-state index in [4.69, 9.17) is 24.7 Å². The SMILES string of the molecule is COc1cc(/C=C/C(=O)OCC(=O)NCC(N)=O)cc(OC)c1OC. The van der Waals surface area contributed by atoms with Crippen LogP contribution in [0.5, 0.6) is 17.2 Å². The largest absolute Gasteiger partial charge is 0.493 e. The third kappa shape index (κ3) is 6.42. The van der Waals surface area contributed by atoms with Crippen molar-refractivity contribution < 1.29 is 33.3 Å². The number of ether oxygens (including phenoxy) is 4. The molecule has 1 rings (SSSR count). The number of hydrogen-bond donors (Lipinski definition) is 2. The number of methoxy groups -OCH3 is 3. The second kappa shape index (κ2) is 9.81. The number of esters is 1. The smallest absolute Gasteiger partial charge is 0.331 e. The summed E-state index contributed by atoms with van der Waals surface area (Å²) in [5.41, 5.74) is 5.48. The maximum Gasteiger partial charge on any atom is 0.331 e. The summed E-state index contributed by atoms with van der Waals surface area (Å²) in [6.07, 6.45) is 2.61. The van der Waals surface area contributed by atoms with E-state index in [2.05, 4.69) is 5.32 Å². The Hall–Kier alpha value is -3.23. The summed E-state index contributed by atoms with van der Waals surface area (Å²) < 4.78 is 20.4. The number of rotatable bonds is 9. The lowest BCUT2D eigenvalue weighted by Crippen LogP contribution is -2.35. The molecule has 2 amide bonds. The van der Waals surface area contributed by atoms with Gasteiger partial charge in [0.15, 0.2) is 18.1 Å². The number of hydrogen-bond acceptors (Lipinski definition) is 7. The zero-order valence-electron chi connectivity index (χ0n) is 14.2. The molecule has 1 aromatic rings. The number of nitrogens with one attached hydrogen (secondary N) is 1. The van der Waals surface area contributed by atoms with Gasteiger partial charge in [-0.2, -0.15) is 0 Å². The topological polar surface area (TPSA) is 126 Å². The molecule has 0 aromatic heterocycles. The van der Waals surface area contributed by atoms with Gasteiger partial charge in [-0.15, -0.1) is 0 Å². The minimum Gasteiger partial charge on any atom is -0.493 e. The minimum absolute atomic E-state index is 0.322. The Morgan fingerprint density at radius 1 is 1.08 bits per heavy atom. The lowest BCUT2D eigenvalue weighted by Gasteiger charge is -2.12. The van der Waals surface area contributed by atoms with Crippen LogP contribution >= 0.6 is 0 Å². The van der Waals surface area contributed by atoms with Crippen molar-refractivity contribution in [1.82, 2.24) is 5.32 Å². The highest BCUT2D eigenvalue weighted by atomic mass is 16.5. The molecule has 9 nitrogen and oxygen atoms in total. The van der Waals surface area contributed by atoms with Gasteiger partial charge in [-0.1, -0.05) is 0 Å². The summed E-state index contributed by atoms with van der Waals surface area (Å²) in [5, 5.41) is 2.19. The first kappa shape index (κ1) is 19.8. The lowest BCUT2D eigenvalue weighted by molar-refractivity contribution is -0.143. The molecule has 0 fully saturated rings. The fourth-order valence-corrected chi connectivity index (χ4v) is 1.78. The van der Waals surface area contributed by atoms with Crippen molar-refractivity contribution in [2.45, 2.75) is 0 Å². The van der Waals surface area contributed by atoms with Crippen LogP contribution in [0.2, 0.25) is 0 Å². The van der Waals surface area contributed by atoms with Crippen LogP contribution in [0.15, 0.2) is 18.2 Å². The summed E-state index contributed by atoms with van der Waals surface area (Å²) in [6, 6.07) is 3.29. The number of benzene rings is 1. The molecule has 136 valence electrons. The van der Waals surface area contributed by atoms with E-state index in [9.17, 15) is 14.4 Å². The molecule has 0 bridgehead atoms. The first-order chi connectivity index (χ1) is 11.9. The van der Waals surface area contributed by atoms with E-state index in [0.717, 1.165) is 6.08 Å². The maximum atomic E-state index is 11.6. The molecule has 0 atom stereocenters. The highest BCUT2D eigenvalue weighted by Crippen LogP contribution is 2.38. The van der Waals surface area contributed by atoms with E-state index in [1.54, 1.807) is 12.1 Å². The quantitative estimate of drug-likeness (QED) is 0.468. The average Bonchev–Trinajstić information content (AvgIpc) is 2.61. The Morgan fingerprint density at radius 2 is 1.68 bits per heavy atom. The van der Waals surface area contributed by atoms with Gasteiger partial charge in [-0.3, -0.25) is 9.59 Å². The third-order valence-corrected chi connectivity index (χ3v) is 2.90. The van der Waals surface area contributed by atoms with Crippen LogP contribution in [0.1, 0.15) is 5.56 Å². The van der Waals surface area contributed by atoms with Crippen LogP contribution in [-0.4, -0.2) is 52.3 Å². The first-order valence-corrected chi connectivity index (χ1v) is 7.11. The summed E-state index contributed by atoms with van der Waals surface area (Å²) in [7, 11) is 4.43. The molecule has 0 saturated carbocycles. The van der Waals surface area contributed by atoms with Crippen molar-refractivity contribution in [3.8, 4) is 17.2 Å². The van der Waals surface area contributed by atoms with E-state index in [-0.39, 0.29) is 6.54 Å². The Bertz CT molecular complexity index is 645. The standard InChI is InChI=1S/C16H20N2O7/c1-22-11-6-10(7-12(23-2)16(11)24-3)4-5-15(21)25-9-14(20)18-8-13(17)19/h4-7H,8-9H2,1-3H3,(H2,17,19)(H,18,20)/b5-4+.